The number of aromatic carboxylic acids is 1. The fourth-order valence-corrected chi connectivity index (χ4v) is 2.53. The van der Waals surface area contributed by atoms with Crippen LogP contribution in [0.5, 0.6) is 0 Å². The number of para-hydroxylation sites is 1. The number of hydrogen-bond donors (Lipinski definition) is 1. The number of aryl methyl sites for hydroxylation is 1. The predicted octanol–water partition coefficient (Wildman–Crippen LogP) is 3.33. The van der Waals surface area contributed by atoms with Gasteiger partial charge >= 0.3 is 5.97 Å². The van der Waals surface area contributed by atoms with Crippen LogP contribution in [0.4, 0.5) is 0 Å². The number of carbonyl (C=O) groups excluding carboxylic acids is 1. The van der Waals surface area contributed by atoms with Crippen LogP contribution in [-0.2, 0) is 11.3 Å². The van der Waals surface area contributed by atoms with E-state index in [4.69, 9.17) is 9.90 Å². The molecule has 3 rings (SSSR count). The van der Waals surface area contributed by atoms with E-state index in [1.165, 1.54) is 0 Å². The zero-order chi connectivity index (χ0) is 14.7. The fourth-order valence-electron chi connectivity index (χ4n) is 2.53. The van der Waals surface area contributed by atoms with Gasteiger partial charge in [0.15, 0.2) is 0 Å². The predicted molar refractivity (Wildman–Crippen MR) is 79.2 cm³/mol. The summed E-state index contributed by atoms with van der Waals surface area (Å²) in [6.45, 7) is 4.97. The molecule has 0 radical (unpaired) electrons. The van der Waals surface area contributed by atoms with E-state index < -0.39 is 5.97 Å². The lowest BCUT2D eigenvalue weighted by Gasteiger charge is -2.02. The number of hydrogen-bond acceptors (Lipinski definition) is 2. The zero-order valence-corrected chi connectivity index (χ0v) is 11.2. The molecule has 3 aromatic rings. The number of carboxylic acids is 1. The topological polar surface area (TPSA) is 59.3 Å². The summed E-state index contributed by atoms with van der Waals surface area (Å²) in [6, 6.07) is 13.4. The van der Waals surface area contributed by atoms with E-state index in [9.17, 15) is 4.79 Å². The Kier molecular flexibility index (Phi) is 3.84. The molecule has 4 heteroatoms. The van der Waals surface area contributed by atoms with Crippen LogP contribution >= 0.6 is 0 Å². The molecule has 0 atom stereocenters. The molecule has 0 bridgehead atoms. The second-order valence-corrected chi connectivity index (χ2v) is 4.30. The Morgan fingerprint density at radius 1 is 1.10 bits per heavy atom. The van der Waals surface area contributed by atoms with Crippen molar-refractivity contribution < 1.29 is 14.7 Å². The molecule has 2 aromatic carbocycles. The molecule has 0 spiro atoms. The van der Waals surface area contributed by atoms with Crippen molar-refractivity contribution >= 4 is 34.6 Å². The molecular formula is C16H15NO3. The highest BCUT2D eigenvalue weighted by Gasteiger charge is 2.11. The minimum absolute atomic E-state index is 0.335. The van der Waals surface area contributed by atoms with Crippen LogP contribution in [0.2, 0.25) is 0 Å². The summed E-state index contributed by atoms with van der Waals surface area (Å²) >= 11 is 0. The van der Waals surface area contributed by atoms with Crippen LogP contribution in [0.1, 0.15) is 17.3 Å². The van der Waals surface area contributed by atoms with Crippen molar-refractivity contribution in [1.29, 1.82) is 0 Å². The van der Waals surface area contributed by atoms with Gasteiger partial charge in [-0.1, -0.05) is 18.2 Å². The Morgan fingerprint density at radius 3 is 2.40 bits per heavy atom. The first kappa shape index (κ1) is 13.8. The molecule has 1 heterocycles. The lowest BCUT2D eigenvalue weighted by Crippen LogP contribution is -1.96. The SMILES string of the molecule is C=O.CCn1c2ccccc2c2cc(C(=O)O)ccc21. The van der Waals surface area contributed by atoms with E-state index >= 15 is 0 Å². The van der Waals surface area contributed by atoms with Crippen molar-refractivity contribution in [2.45, 2.75) is 13.5 Å². The van der Waals surface area contributed by atoms with Gasteiger partial charge in [0.1, 0.15) is 6.79 Å². The van der Waals surface area contributed by atoms with Gasteiger partial charge in [0.25, 0.3) is 0 Å². The maximum atomic E-state index is 11.1. The van der Waals surface area contributed by atoms with Crippen molar-refractivity contribution in [3.8, 4) is 0 Å². The fraction of sp³-hybridized carbons (Fsp3) is 0.125. The van der Waals surface area contributed by atoms with Crippen molar-refractivity contribution in [2.75, 3.05) is 0 Å². The van der Waals surface area contributed by atoms with Crippen LogP contribution in [0.3, 0.4) is 0 Å². The summed E-state index contributed by atoms with van der Waals surface area (Å²) in [5, 5.41) is 11.2. The van der Waals surface area contributed by atoms with Gasteiger partial charge in [0.2, 0.25) is 0 Å². The summed E-state index contributed by atoms with van der Waals surface area (Å²) < 4.78 is 2.20. The van der Waals surface area contributed by atoms with Gasteiger partial charge < -0.3 is 14.5 Å². The molecule has 0 aliphatic heterocycles. The molecule has 0 unspecified atom stereocenters. The molecule has 102 valence electrons. The molecule has 0 aliphatic carbocycles. The summed E-state index contributed by atoms with van der Waals surface area (Å²) in [5.41, 5.74) is 2.57. The zero-order valence-electron chi connectivity index (χ0n) is 11.2. The average Bonchev–Trinajstić information content (AvgIpc) is 2.82. The van der Waals surface area contributed by atoms with E-state index in [0.29, 0.717) is 5.56 Å². The minimum atomic E-state index is -0.884. The minimum Gasteiger partial charge on any atom is -0.478 e. The number of benzene rings is 2. The molecule has 1 N–H and O–H groups in total. The van der Waals surface area contributed by atoms with Crippen molar-refractivity contribution in [1.82, 2.24) is 4.57 Å². The van der Waals surface area contributed by atoms with E-state index in [1.54, 1.807) is 12.1 Å². The first-order valence-electron chi connectivity index (χ1n) is 6.25. The largest absolute Gasteiger partial charge is 0.478 e. The van der Waals surface area contributed by atoms with Gasteiger partial charge in [-0.05, 0) is 31.2 Å². The molecule has 0 saturated heterocycles. The highest BCUT2D eigenvalue weighted by atomic mass is 16.4. The van der Waals surface area contributed by atoms with Crippen LogP contribution in [0.25, 0.3) is 21.8 Å². The quantitative estimate of drug-likeness (QED) is 0.776. The summed E-state index contributed by atoms with van der Waals surface area (Å²) in [4.78, 5) is 19.1. The van der Waals surface area contributed by atoms with E-state index in [0.717, 1.165) is 28.4 Å². The standard InChI is InChI=1S/C15H13NO2.CH2O/c1-2-16-13-6-4-3-5-11(13)12-9-10(15(17)18)7-8-14(12)16;1-2/h3-9H,2H2,1H3,(H,17,18);1H2. The Balaban J connectivity index is 0.000000704. The molecular weight excluding hydrogens is 254 g/mol. The van der Waals surface area contributed by atoms with Crippen LogP contribution < -0.4 is 0 Å². The summed E-state index contributed by atoms with van der Waals surface area (Å²) in [6.07, 6.45) is 0. The van der Waals surface area contributed by atoms with Crippen molar-refractivity contribution in [3.63, 3.8) is 0 Å². The second-order valence-electron chi connectivity index (χ2n) is 4.30. The molecule has 1 aromatic heterocycles. The monoisotopic (exact) mass is 269 g/mol. The van der Waals surface area contributed by atoms with Crippen LogP contribution in [-0.4, -0.2) is 22.4 Å². The van der Waals surface area contributed by atoms with Crippen LogP contribution in [0.15, 0.2) is 42.5 Å². The number of aromatic nitrogens is 1. The Bertz CT molecular complexity index is 774. The Morgan fingerprint density at radius 2 is 1.75 bits per heavy atom. The highest BCUT2D eigenvalue weighted by molar-refractivity contribution is 6.10. The Hall–Kier alpha value is -2.62. The molecule has 0 aliphatic rings. The van der Waals surface area contributed by atoms with E-state index in [1.807, 2.05) is 31.1 Å². The van der Waals surface area contributed by atoms with Crippen molar-refractivity contribution in [3.05, 3.63) is 48.0 Å². The second kappa shape index (κ2) is 5.57. The third-order valence-corrected chi connectivity index (χ3v) is 3.34. The van der Waals surface area contributed by atoms with Crippen molar-refractivity contribution in [2.24, 2.45) is 0 Å². The molecule has 0 saturated carbocycles. The van der Waals surface area contributed by atoms with E-state index in [-0.39, 0.29) is 0 Å². The number of rotatable bonds is 2. The maximum absolute atomic E-state index is 11.1. The van der Waals surface area contributed by atoms with Crippen LogP contribution in [0, 0.1) is 0 Å². The number of nitrogens with zero attached hydrogens (tertiary/aromatic N) is 1. The summed E-state index contributed by atoms with van der Waals surface area (Å²) in [7, 11) is 0. The third kappa shape index (κ3) is 2.05. The number of carboxylic acid groups (broad SMARTS) is 1. The Labute approximate surface area is 116 Å². The average molecular weight is 269 g/mol. The molecule has 0 fully saturated rings. The maximum Gasteiger partial charge on any atom is 0.335 e. The van der Waals surface area contributed by atoms with Gasteiger partial charge in [-0.25, -0.2) is 4.79 Å². The molecule has 0 amide bonds. The number of carbonyl (C=O) groups is 2. The van der Waals surface area contributed by atoms with Gasteiger partial charge in [-0.3, -0.25) is 0 Å². The van der Waals surface area contributed by atoms with Gasteiger partial charge in [0, 0.05) is 28.4 Å². The highest BCUT2D eigenvalue weighted by Crippen LogP contribution is 2.29. The molecule has 20 heavy (non-hydrogen) atoms. The third-order valence-electron chi connectivity index (χ3n) is 3.34. The first-order chi connectivity index (χ1) is 9.72. The van der Waals surface area contributed by atoms with Gasteiger partial charge in [-0.2, -0.15) is 0 Å². The van der Waals surface area contributed by atoms with Gasteiger partial charge in [-0.15, -0.1) is 0 Å². The normalized spacial score (nSPS) is 10.2. The molecule has 4 nitrogen and oxygen atoms in total. The first-order valence-corrected chi connectivity index (χ1v) is 6.25. The van der Waals surface area contributed by atoms with E-state index in [2.05, 4.69) is 17.6 Å². The lowest BCUT2D eigenvalue weighted by molar-refractivity contribution is -0.0980. The lowest BCUT2D eigenvalue weighted by atomic mass is 10.1. The summed E-state index contributed by atoms with van der Waals surface area (Å²) in [5.74, 6) is -0.884. The smallest absolute Gasteiger partial charge is 0.335 e. The van der Waals surface area contributed by atoms with Gasteiger partial charge in [0.05, 0.1) is 5.56 Å². The number of fused-ring (bicyclic) bond motifs is 3.